The van der Waals surface area contributed by atoms with Crippen LogP contribution in [0.25, 0.3) is 0 Å². The van der Waals surface area contributed by atoms with Gasteiger partial charge in [-0.2, -0.15) is 0 Å². The van der Waals surface area contributed by atoms with E-state index in [9.17, 15) is 0 Å². The second-order valence-electron chi connectivity index (χ2n) is 7.53. The molecule has 1 aromatic carbocycles. The molecule has 0 saturated heterocycles. The first-order chi connectivity index (χ1) is 10.7. The van der Waals surface area contributed by atoms with Crippen molar-refractivity contribution in [1.29, 1.82) is 0 Å². The summed E-state index contributed by atoms with van der Waals surface area (Å²) in [6, 6.07) is 13.4. The van der Waals surface area contributed by atoms with Gasteiger partial charge >= 0.3 is 0 Å². The fraction of sp³-hybridized carbons (Fsp3) is 0.565. The van der Waals surface area contributed by atoms with Gasteiger partial charge in [0.1, 0.15) is 0 Å². The van der Waals surface area contributed by atoms with E-state index in [1.807, 2.05) is 11.3 Å². The highest BCUT2D eigenvalue weighted by Gasteiger charge is 2.05. The van der Waals surface area contributed by atoms with Crippen molar-refractivity contribution in [2.45, 2.75) is 86.5 Å². The number of hydrogen-bond donors (Lipinski definition) is 0. The molecule has 136 valence electrons. The van der Waals surface area contributed by atoms with Crippen molar-refractivity contribution < 1.29 is 0 Å². The van der Waals surface area contributed by atoms with Crippen LogP contribution in [0.15, 0.2) is 36.4 Å². The van der Waals surface area contributed by atoms with Gasteiger partial charge in [-0.15, -0.1) is 11.3 Å². The lowest BCUT2D eigenvalue weighted by atomic mass is 9.96. The van der Waals surface area contributed by atoms with Crippen LogP contribution in [0, 0.1) is 0 Å². The maximum atomic E-state index is 2.31. The maximum Gasteiger partial charge on any atom is 0.00737 e. The molecule has 0 saturated carbocycles. The van der Waals surface area contributed by atoms with Gasteiger partial charge < -0.3 is 0 Å². The standard InChI is InChI=1S/C12H18.C10H16S.CH4/c1-9(2)11-6-5-7-12(8-11)10(3)4;1-7(2)9-5-6-10(11-9)8(3)4;/h5-10H,1-4H3;5-8H,1-4H3;1H4. The Labute approximate surface area is 155 Å². The van der Waals surface area contributed by atoms with E-state index in [0.717, 1.165) is 0 Å². The Morgan fingerprint density at radius 1 is 0.583 bits per heavy atom. The summed E-state index contributed by atoms with van der Waals surface area (Å²) < 4.78 is 0. The summed E-state index contributed by atoms with van der Waals surface area (Å²) in [5, 5.41) is 0. The van der Waals surface area contributed by atoms with Crippen molar-refractivity contribution in [3.63, 3.8) is 0 Å². The van der Waals surface area contributed by atoms with Gasteiger partial charge in [-0.3, -0.25) is 0 Å². The van der Waals surface area contributed by atoms with E-state index < -0.39 is 0 Å². The Morgan fingerprint density at radius 2 is 0.958 bits per heavy atom. The first-order valence-electron chi connectivity index (χ1n) is 8.91. The van der Waals surface area contributed by atoms with E-state index in [4.69, 9.17) is 0 Å². The molecule has 0 nitrogen and oxygen atoms in total. The zero-order chi connectivity index (χ0) is 17.6. The molecule has 0 atom stereocenters. The van der Waals surface area contributed by atoms with Crippen molar-refractivity contribution in [1.82, 2.24) is 0 Å². The predicted octanol–water partition coefficient (Wildman–Crippen LogP) is 8.56. The molecule has 2 rings (SSSR count). The van der Waals surface area contributed by atoms with Crippen LogP contribution in [-0.2, 0) is 0 Å². The number of benzene rings is 1. The third-order valence-corrected chi connectivity index (χ3v) is 5.72. The molecule has 0 radical (unpaired) electrons. The minimum Gasteiger partial charge on any atom is -0.145 e. The number of rotatable bonds is 4. The van der Waals surface area contributed by atoms with Crippen LogP contribution in [0.2, 0.25) is 0 Å². The average Bonchev–Trinajstić information content (AvgIpc) is 2.98. The molecule has 1 heteroatoms. The van der Waals surface area contributed by atoms with Crippen molar-refractivity contribution in [3.05, 3.63) is 57.3 Å². The monoisotopic (exact) mass is 346 g/mol. The van der Waals surface area contributed by atoms with E-state index >= 15 is 0 Å². The Kier molecular flexibility index (Phi) is 10.2. The van der Waals surface area contributed by atoms with Crippen LogP contribution in [0.3, 0.4) is 0 Å². The molecule has 0 aliphatic rings. The minimum absolute atomic E-state index is 0. The van der Waals surface area contributed by atoms with Crippen LogP contribution < -0.4 is 0 Å². The molecule has 0 aliphatic heterocycles. The highest BCUT2D eigenvalue weighted by Crippen LogP contribution is 2.28. The van der Waals surface area contributed by atoms with E-state index in [-0.39, 0.29) is 7.43 Å². The van der Waals surface area contributed by atoms with E-state index in [2.05, 4.69) is 91.8 Å². The first-order valence-corrected chi connectivity index (χ1v) is 9.73. The summed E-state index contributed by atoms with van der Waals surface area (Å²) in [4.78, 5) is 3.02. The quantitative estimate of drug-likeness (QED) is 0.520. The predicted molar refractivity (Wildman–Crippen MR) is 114 cm³/mol. The van der Waals surface area contributed by atoms with Gasteiger partial charge in [-0.25, -0.2) is 0 Å². The molecule has 2 aromatic rings. The fourth-order valence-electron chi connectivity index (χ4n) is 2.27. The molecule has 24 heavy (non-hydrogen) atoms. The zero-order valence-corrected chi connectivity index (χ0v) is 17.0. The molecule has 0 spiro atoms. The molecule has 0 N–H and O–H groups in total. The smallest absolute Gasteiger partial charge is 0.00737 e. The molecular weight excluding hydrogens is 308 g/mol. The van der Waals surface area contributed by atoms with E-state index in [1.54, 1.807) is 0 Å². The highest BCUT2D eigenvalue weighted by atomic mass is 32.1. The van der Waals surface area contributed by atoms with E-state index in [1.165, 1.54) is 20.9 Å². The van der Waals surface area contributed by atoms with Crippen molar-refractivity contribution in [2.75, 3.05) is 0 Å². The summed E-state index contributed by atoms with van der Waals surface area (Å²) in [5.74, 6) is 2.66. The van der Waals surface area contributed by atoms with Gasteiger partial charge in [0.15, 0.2) is 0 Å². The Bertz CT molecular complexity index is 527. The normalized spacial score (nSPS) is 10.8. The second kappa shape index (κ2) is 10.7. The van der Waals surface area contributed by atoms with Crippen LogP contribution in [0.1, 0.15) is 107 Å². The lowest BCUT2D eigenvalue weighted by Gasteiger charge is -2.09. The third-order valence-electron chi connectivity index (χ3n) is 4.03. The first kappa shape index (κ1) is 22.9. The molecule has 0 bridgehead atoms. The molecule has 0 amide bonds. The highest BCUT2D eigenvalue weighted by molar-refractivity contribution is 7.12. The molecule has 0 aliphatic carbocycles. The Balaban J connectivity index is 0.000000425. The second-order valence-corrected chi connectivity index (χ2v) is 8.68. The van der Waals surface area contributed by atoms with Gasteiger partial charge in [-0.05, 0) is 46.9 Å². The lowest BCUT2D eigenvalue weighted by Crippen LogP contribution is -1.91. The van der Waals surface area contributed by atoms with Gasteiger partial charge in [0.25, 0.3) is 0 Å². The summed E-state index contributed by atoms with van der Waals surface area (Å²) in [6.45, 7) is 17.9. The summed E-state index contributed by atoms with van der Waals surface area (Å²) in [5.41, 5.74) is 2.89. The maximum absolute atomic E-state index is 2.31. The SMILES string of the molecule is C.CC(C)c1ccc(C(C)C)s1.CC(C)c1cccc(C(C)C)c1. The largest absolute Gasteiger partial charge is 0.145 e. The van der Waals surface area contributed by atoms with Gasteiger partial charge in [0, 0.05) is 9.75 Å². The van der Waals surface area contributed by atoms with Crippen LogP contribution in [-0.4, -0.2) is 0 Å². The van der Waals surface area contributed by atoms with Crippen LogP contribution in [0.5, 0.6) is 0 Å². The Hall–Kier alpha value is -1.08. The Morgan fingerprint density at radius 3 is 1.21 bits per heavy atom. The van der Waals surface area contributed by atoms with Gasteiger partial charge in [0.2, 0.25) is 0 Å². The van der Waals surface area contributed by atoms with Crippen molar-refractivity contribution in [2.24, 2.45) is 0 Å². The summed E-state index contributed by atoms with van der Waals surface area (Å²) in [7, 11) is 0. The van der Waals surface area contributed by atoms with Crippen molar-refractivity contribution in [3.8, 4) is 0 Å². The number of thiophene rings is 1. The zero-order valence-electron chi connectivity index (χ0n) is 16.2. The van der Waals surface area contributed by atoms with Crippen molar-refractivity contribution >= 4 is 11.3 Å². The van der Waals surface area contributed by atoms with Gasteiger partial charge in [-0.1, -0.05) is 87.1 Å². The molecule has 0 unspecified atom stereocenters. The van der Waals surface area contributed by atoms with E-state index in [0.29, 0.717) is 23.7 Å². The van der Waals surface area contributed by atoms with Gasteiger partial charge in [0.05, 0.1) is 0 Å². The minimum atomic E-state index is 0. The molecule has 1 heterocycles. The fourth-order valence-corrected chi connectivity index (χ4v) is 3.28. The summed E-state index contributed by atoms with van der Waals surface area (Å²) >= 11 is 1.95. The molecule has 1 aromatic heterocycles. The lowest BCUT2D eigenvalue weighted by molar-refractivity contribution is 0.834. The average molecular weight is 347 g/mol. The molecular formula is C23H38S. The third kappa shape index (κ3) is 7.21. The van der Waals surface area contributed by atoms with Crippen LogP contribution >= 0.6 is 11.3 Å². The summed E-state index contributed by atoms with van der Waals surface area (Å²) in [6.07, 6.45) is 0. The topological polar surface area (TPSA) is 0 Å². The van der Waals surface area contributed by atoms with Crippen LogP contribution in [0.4, 0.5) is 0 Å². The number of hydrogen-bond acceptors (Lipinski definition) is 1. The molecule has 0 fully saturated rings.